The number of rotatable bonds is 2. The van der Waals surface area contributed by atoms with Gasteiger partial charge in [0.05, 0.1) is 11.2 Å². The fourth-order valence-corrected chi connectivity index (χ4v) is 4.56. The highest BCUT2D eigenvalue weighted by atomic mass is 14.7. The molecule has 1 heteroatoms. The number of aromatic nitrogens is 1. The van der Waals surface area contributed by atoms with Crippen molar-refractivity contribution >= 4 is 32.4 Å². The summed E-state index contributed by atoms with van der Waals surface area (Å²) in [6.07, 6.45) is 0. The first-order valence-corrected chi connectivity index (χ1v) is 9.98. The van der Waals surface area contributed by atoms with Gasteiger partial charge in [-0.1, -0.05) is 109 Å². The summed E-state index contributed by atoms with van der Waals surface area (Å²) in [5, 5.41) is 6.44. The van der Waals surface area contributed by atoms with Crippen LogP contribution < -0.4 is 0 Å². The van der Waals surface area contributed by atoms with Crippen LogP contribution in [0.1, 0.15) is 0 Å². The molecule has 0 bridgehead atoms. The molecule has 0 amide bonds. The predicted octanol–water partition coefficient (Wildman–Crippen LogP) is 7.81. The highest BCUT2D eigenvalue weighted by molar-refractivity contribution is 6.29. The van der Waals surface area contributed by atoms with Crippen molar-refractivity contribution in [1.29, 1.82) is 0 Å². The molecule has 6 aromatic rings. The van der Waals surface area contributed by atoms with Crippen LogP contribution in [-0.4, -0.2) is 4.98 Å². The Morgan fingerprint density at radius 2 is 0.897 bits per heavy atom. The van der Waals surface area contributed by atoms with E-state index in [2.05, 4.69) is 114 Å². The van der Waals surface area contributed by atoms with E-state index in [9.17, 15) is 0 Å². The Hall–Kier alpha value is -3.84. The maximum Gasteiger partial charge on any atom is 0.0551 e. The lowest BCUT2D eigenvalue weighted by molar-refractivity contribution is 1.46. The fourth-order valence-electron chi connectivity index (χ4n) is 4.56. The summed E-state index contributed by atoms with van der Waals surface area (Å²) in [7, 11) is 0. The van der Waals surface area contributed by atoms with Gasteiger partial charge in [0, 0.05) is 16.3 Å². The molecule has 0 aliphatic carbocycles. The molecule has 0 unspecified atom stereocenters. The van der Waals surface area contributed by atoms with Crippen molar-refractivity contribution in [2.45, 2.75) is 0 Å². The van der Waals surface area contributed by atoms with Gasteiger partial charge in [-0.2, -0.15) is 0 Å². The van der Waals surface area contributed by atoms with Crippen LogP contribution in [0, 0.1) is 0 Å². The highest BCUT2D eigenvalue weighted by Crippen LogP contribution is 2.44. The minimum atomic E-state index is 1.17. The monoisotopic (exact) mass is 369 g/mol. The number of aromatic amines is 1. The summed E-state index contributed by atoms with van der Waals surface area (Å²) >= 11 is 0. The van der Waals surface area contributed by atoms with Crippen LogP contribution in [0.5, 0.6) is 0 Å². The summed E-state index contributed by atoms with van der Waals surface area (Å²) in [5.74, 6) is 0. The van der Waals surface area contributed by atoms with Crippen LogP contribution in [0.4, 0.5) is 0 Å². The fraction of sp³-hybridized carbons (Fsp3) is 0. The van der Waals surface area contributed by atoms with Crippen LogP contribution in [0.3, 0.4) is 0 Å². The van der Waals surface area contributed by atoms with Gasteiger partial charge in [0.2, 0.25) is 0 Å². The van der Waals surface area contributed by atoms with E-state index in [-0.39, 0.29) is 0 Å². The Morgan fingerprint density at radius 1 is 0.414 bits per heavy atom. The molecule has 0 radical (unpaired) electrons. The second-order valence-electron chi connectivity index (χ2n) is 7.45. The van der Waals surface area contributed by atoms with Crippen LogP contribution in [0.2, 0.25) is 0 Å². The zero-order chi connectivity index (χ0) is 19.2. The molecule has 29 heavy (non-hydrogen) atoms. The summed E-state index contributed by atoms with van der Waals surface area (Å²) in [6.45, 7) is 0. The molecule has 1 heterocycles. The first-order valence-electron chi connectivity index (χ1n) is 9.98. The summed E-state index contributed by atoms with van der Waals surface area (Å²) < 4.78 is 0. The smallest absolute Gasteiger partial charge is 0.0551 e. The van der Waals surface area contributed by atoms with E-state index in [1.807, 2.05) is 0 Å². The third-order valence-electron chi connectivity index (χ3n) is 5.81. The molecular weight excluding hydrogens is 350 g/mol. The zero-order valence-electron chi connectivity index (χ0n) is 15.9. The van der Waals surface area contributed by atoms with Crippen LogP contribution in [-0.2, 0) is 0 Å². The average Bonchev–Trinajstić information content (AvgIpc) is 3.22. The SMILES string of the molecule is c1ccc(-c2[nH]c3c4ccccc4c4ccccc4c3c2-c2ccccc2)cc1. The van der Waals surface area contributed by atoms with Gasteiger partial charge >= 0.3 is 0 Å². The molecule has 136 valence electrons. The van der Waals surface area contributed by atoms with Crippen molar-refractivity contribution in [3.8, 4) is 22.4 Å². The maximum atomic E-state index is 3.81. The normalized spacial score (nSPS) is 11.4. The Kier molecular flexibility index (Phi) is 3.54. The largest absolute Gasteiger partial charge is 0.353 e. The van der Waals surface area contributed by atoms with Gasteiger partial charge in [-0.3, -0.25) is 0 Å². The average molecular weight is 369 g/mol. The van der Waals surface area contributed by atoms with Gasteiger partial charge in [-0.15, -0.1) is 0 Å². The van der Waals surface area contributed by atoms with Gasteiger partial charge in [-0.05, 0) is 27.3 Å². The number of nitrogens with one attached hydrogen (secondary N) is 1. The van der Waals surface area contributed by atoms with Crippen molar-refractivity contribution < 1.29 is 0 Å². The Bertz CT molecular complexity index is 1480. The Labute approximate surface area is 169 Å². The van der Waals surface area contributed by atoms with Gasteiger partial charge < -0.3 is 4.98 Å². The van der Waals surface area contributed by atoms with Crippen LogP contribution in [0.25, 0.3) is 54.8 Å². The van der Waals surface area contributed by atoms with E-state index in [0.717, 1.165) is 0 Å². The van der Waals surface area contributed by atoms with E-state index < -0.39 is 0 Å². The third kappa shape index (κ3) is 2.41. The lowest BCUT2D eigenvalue weighted by Crippen LogP contribution is -1.83. The predicted molar refractivity (Wildman–Crippen MR) is 124 cm³/mol. The summed E-state index contributed by atoms with van der Waals surface area (Å²) in [6, 6.07) is 38.8. The number of fused-ring (bicyclic) bond motifs is 6. The van der Waals surface area contributed by atoms with Gasteiger partial charge in [0.1, 0.15) is 0 Å². The first kappa shape index (κ1) is 16.1. The topological polar surface area (TPSA) is 15.8 Å². The molecular formula is C28H19N. The molecule has 0 saturated heterocycles. The molecule has 0 spiro atoms. The first-order chi connectivity index (χ1) is 14.4. The highest BCUT2D eigenvalue weighted by Gasteiger charge is 2.19. The molecule has 5 aromatic carbocycles. The number of H-pyrrole nitrogens is 1. The summed E-state index contributed by atoms with van der Waals surface area (Å²) in [5.41, 5.74) is 6.09. The molecule has 1 nitrogen and oxygen atoms in total. The van der Waals surface area contributed by atoms with Crippen LogP contribution in [0.15, 0.2) is 109 Å². The standard InChI is InChI=1S/C28H19N/c1-3-11-19(12-4-1)25-26-23-17-9-7-15-21(23)22-16-8-10-18-24(22)28(26)29-27(25)20-13-5-2-6-14-20/h1-18,29H. The molecule has 1 N–H and O–H groups in total. The van der Waals surface area contributed by atoms with E-state index in [1.54, 1.807) is 0 Å². The Morgan fingerprint density at radius 3 is 1.55 bits per heavy atom. The van der Waals surface area contributed by atoms with Crippen molar-refractivity contribution in [2.24, 2.45) is 0 Å². The number of hydrogen-bond donors (Lipinski definition) is 1. The Balaban J connectivity index is 1.90. The van der Waals surface area contributed by atoms with Crippen molar-refractivity contribution in [2.75, 3.05) is 0 Å². The number of benzene rings is 5. The molecule has 0 aliphatic rings. The van der Waals surface area contributed by atoms with E-state index in [4.69, 9.17) is 0 Å². The maximum absolute atomic E-state index is 3.81. The van der Waals surface area contributed by atoms with Gasteiger partial charge in [0.25, 0.3) is 0 Å². The van der Waals surface area contributed by atoms with Crippen molar-refractivity contribution in [1.82, 2.24) is 4.98 Å². The molecule has 0 fully saturated rings. The van der Waals surface area contributed by atoms with Gasteiger partial charge in [-0.25, -0.2) is 0 Å². The minimum absolute atomic E-state index is 1.17. The molecule has 1 aromatic heterocycles. The molecule has 0 aliphatic heterocycles. The van der Waals surface area contributed by atoms with E-state index in [0.29, 0.717) is 0 Å². The molecule has 6 rings (SSSR count). The zero-order valence-corrected chi connectivity index (χ0v) is 15.9. The second-order valence-corrected chi connectivity index (χ2v) is 7.45. The minimum Gasteiger partial charge on any atom is -0.353 e. The number of hydrogen-bond acceptors (Lipinski definition) is 0. The van der Waals surface area contributed by atoms with Crippen LogP contribution >= 0.6 is 0 Å². The van der Waals surface area contributed by atoms with Gasteiger partial charge in [0.15, 0.2) is 0 Å². The van der Waals surface area contributed by atoms with Crippen molar-refractivity contribution in [3.05, 3.63) is 109 Å². The molecule has 0 saturated carbocycles. The van der Waals surface area contributed by atoms with Crippen molar-refractivity contribution in [3.63, 3.8) is 0 Å². The van der Waals surface area contributed by atoms with E-state index >= 15 is 0 Å². The summed E-state index contributed by atoms with van der Waals surface area (Å²) in [4.78, 5) is 3.81. The molecule has 0 atom stereocenters. The van der Waals surface area contributed by atoms with E-state index in [1.165, 1.54) is 54.8 Å². The lowest BCUT2D eigenvalue weighted by atomic mass is 9.92. The lowest BCUT2D eigenvalue weighted by Gasteiger charge is -2.09. The quantitative estimate of drug-likeness (QED) is 0.300. The third-order valence-corrected chi connectivity index (χ3v) is 5.81. The second kappa shape index (κ2) is 6.35.